The number of rotatable bonds is 1. The van der Waals surface area contributed by atoms with Gasteiger partial charge in [-0.15, -0.1) is 0 Å². The molecular formula is C14H18N2O4. The Morgan fingerprint density at radius 2 is 2.00 bits per heavy atom. The predicted octanol–water partition coefficient (Wildman–Crippen LogP) is -0.690. The highest BCUT2D eigenvalue weighted by Crippen LogP contribution is 2.30. The zero-order valence-corrected chi connectivity index (χ0v) is 11.2. The molecule has 4 N–H and O–H groups in total. The summed E-state index contributed by atoms with van der Waals surface area (Å²) in [7, 11) is 0. The molecule has 4 atom stereocenters. The van der Waals surface area contributed by atoms with Gasteiger partial charge in [-0.25, -0.2) is 0 Å². The molecule has 20 heavy (non-hydrogen) atoms. The van der Waals surface area contributed by atoms with Gasteiger partial charge in [-0.1, -0.05) is 12.1 Å². The van der Waals surface area contributed by atoms with Crippen molar-refractivity contribution in [3.8, 4) is 0 Å². The Morgan fingerprint density at radius 1 is 1.25 bits per heavy atom. The Balaban J connectivity index is 1.87. The molecule has 1 amide bonds. The number of fused-ring (bicyclic) bond motifs is 1. The van der Waals surface area contributed by atoms with E-state index in [0.717, 1.165) is 11.1 Å². The van der Waals surface area contributed by atoms with E-state index in [1.165, 1.54) is 0 Å². The Morgan fingerprint density at radius 3 is 2.70 bits per heavy atom. The SMILES string of the molecule is Cc1cccc2c1CN(C1CC(O)C(O)NC1O)C2=O. The molecule has 0 spiro atoms. The van der Waals surface area contributed by atoms with Crippen molar-refractivity contribution < 1.29 is 20.1 Å². The smallest absolute Gasteiger partial charge is 0.254 e. The van der Waals surface area contributed by atoms with Crippen LogP contribution in [0.4, 0.5) is 0 Å². The molecule has 108 valence electrons. The van der Waals surface area contributed by atoms with Crippen LogP contribution in [0.15, 0.2) is 18.2 Å². The molecule has 1 aromatic carbocycles. The Hall–Kier alpha value is -1.47. The number of aryl methyl sites for hydroxylation is 1. The first-order chi connectivity index (χ1) is 9.49. The minimum Gasteiger partial charge on any atom is -0.389 e. The predicted molar refractivity (Wildman–Crippen MR) is 70.6 cm³/mol. The first-order valence-electron chi connectivity index (χ1n) is 6.68. The number of amides is 1. The van der Waals surface area contributed by atoms with Gasteiger partial charge in [0.1, 0.15) is 12.5 Å². The molecule has 6 nitrogen and oxygen atoms in total. The second kappa shape index (κ2) is 4.82. The summed E-state index contributed by atoms with van der Waals surface area (Å²) >= 11 is 0. The van der Waals surface area contributed by atoms with Gasteiger partial charge in [0.25, 0.3) is 5.91 Å². The van der Waals surface area contributed by atoms with Crippen molar-refractivity contribution in [1.29, 1.82) is 0 Å². The number of piperidine rings is 1. The quantitative estimate of drug-likeness (QED) is 0.546. The van der Waals surface area contributed by atoms with E-state index in [2.05, 4.69) is 5.32 Å². The number of carbonyl (C=O) groups excluding carboxylic acids is 1. The minimum atomic E-state index is -1.16. The van der Waals surface area contributed by atoms with Crippen LogP contribution < -0.4 is 5.32 Å². The van der Waals surface area contributed by atoms with Crippen molar-refractivity contribution >= 4 is 5.91 Å². The Bertz CT molecular complexity index is 548. The number of carbonyl (C=O) groups is 1. The first kappa shape index (κ1) is 13.5. The summed E-state index contributed by atoms with van der Waals surface area (Å²) in [6.07, 6.45) is -3.07. The molecule has 2 aliphatic heterocycles. The van der Waals surface area contributed by atoms with Crippen LogP contribution in [-0.4, -0.2) is 50.7 Å². The summed E-state index contributed by atoms with van der Waals surface area (Å²) in [6.45, 7) is 2.37. The number of aliphatic hydroxyl groups is 3. The lowest BCUT2D eigenvalue weighted by molar-refractivity contribution is -0.109. The lowest BCUT2D eigenvalue weighted by Crippen LogP contribution is -2.62. The van der Waals surface area contributed by atoms with Crippen molar-refractivity contribution in [1.82, 2.24) is 10.2 Å². The van der Waals surface area contributed by atoms with Crippen molar-refractivity contribution in [2.45, 2.75) is 44.5 Å². The molecule has 1 fully saturated rings. The van der Waals surface area contributed by atoms with E-state index in [9.17, 15) is 20.1 Å². The third-order valence-electron chi connectivity index (χ3n) is 4.18. The first-order valence-corrected chi connectivity index (χ1v) is 6.68. The highest BCUT2D eigenvalue weighted by atomic mass is 16.4. The van der Waals surface area contributed by atoms with Gasteiger partial charge in [-0.2, -0.15) is 0 Å². The molecule has 1 saturated heterocycles. The van der Waals surface area contributed by atoms with Gasteiger partial charge in [-0.05, 0) is 24.1 Å². The van der Waals surface area contributed by atoms with Crippen molar-refractivity contribution in [2.24, 2.45) is 0 Å². The highest BCUT2D eigenvalue weighted by molar-refractivity contribution is 5.99. The normalized spacial score (nSPS) is 33.4. The van der Waals surface area contributed by atoms with Gasteiger partial charge in [0, 0.05) is 18.5 Å². The van der Waals surface area contributed by atoms with Gasteiger partial charge < -0.3 is 20.2 Å². The lowest BCUT2D eigenvalue weighted by atomic mass is 10.00. The van der Waals surface area contributed by atoms with E-state index in [-0.39, 0.29) is 12.3 Å². The van der Waals surface area contributed by atoms with Crippen LogP contribution >= 0.6 is 0 Å². The van der Waals surface area contributed by atoms with Crippen molar-refractivity contribution in [3.63, 3.8) is 0 Å². The largest absolute Gasteiger partial charge is 0.389 e. The standard InChI is InChI=1S/C14H18N2O4/c1-7-3-2-4-8-9(7)6-16(14(8)20)10-5-11(17)13(19)15-12(10)18/h2-4,10-13,15,17-19H,5-6H2,1H3. The summed E-state index contributed by atoms with van der Waals surface area (Å²) in [4.78, 5) is 14.0. The van der Waals surface area contributed by atoms with Gasteiger partial charge in [0.05, 0.1) is 12.1 Å². The Labute approximate surface area is 116 Å². The zero-order chi connectivity index (χ0) is 14.4. The van der Waals surface area contributed by atoms with Gasteiger partial charge in [0.2, 0.25) is 0 Å². The minimum absolute atomic E-state index is 0.141. The van der Waals surface area contributed by atoms with Crippen LogP contribution in [0, 0.1) is 6.92 Å². The van der Waals surface area contributed by atoms with E-state index in [1.54, 1.807) is 11.0 Å². The Kier molecular flexibility index (Phi) is 3.25. The molecule has 6 heteroatoms. The second-order valence-corrected chi connectivity index (χ2v) is 5.46. The zero-order valence-electron chi connectivity index (χ0n) is 11.2. The number of aliphatic hydroxyl groups excluding tert-OH is 3. The molecule has 4 unspecified atom stereocenters. The fourth-order valence-corrected chi connectivity index (χ4v) is 2.98. The van der Waals surface area contributed by atoms with E-state index in [0.29, 0.717) is 12.1 Å². The molecule has 1 aromatic rings. The van der Waals surface area contributed by atoms with Crippen LogP contribution in [0.5, 0.6) is 0 Å². The highest BCUT2D eigenvalue weighted by Gasteiger charge is 2.42. The molecule has 3 rings (SSSR count). The van der Waals surface area contributed by atoms with Crippen LogP contribution in [0.25, 0.3) is 0 Å². The number of hydrogen-bond acceptors (Lipinski definition) is 5. The van der Waals surface area contributed by atoms with Gasteiger partial charge >= 0.3 is 0 Å². The van der Waals surface area contributed by atoms with E-state index in [1.807, 2.05) is 19.1 Å². The number of nitrogens with zero attached hydrogens (tertiary/aromatic N) is 1. The molecular weight excluding hydrogens is 260 g/mol. The van der Waals surface area contributed by atoms with Crippen LogP contribution in [0.3, 0.4) is 0 Å². The van der Waals surface area contributed by atoms with E-state index < -0.39 is 24.6 Å². The number of benzene rings is 1. The average Bonchev–Trinajstić information content (AvgIpc) is 2.73. The third-order valence-corrected chi connectivity index (χ3v) is 4.18. The maximum Gasteiger partial charge on any atom is 0.254 e. The summed E-state index contributed by atoms with van der Waals surface area (Å²) in [5, 5.41) is 31.7. The fourth-order valence-electron chi connectivity index (χ4n) is 2.98. The molecule has 0 radical (unpaired) electrons. The number of hydrogen-bond donors (Lipinski definition) is 4. The third kappa shape index (κ3) is 2.01. The molecule has 2 heterocycles. The van der Waals surface area contributed by atoms with Crippen LogP contribution in [-0.2, 0) is 6.54 Å². The van der Waals surface area contributed by atoms with Crippen LogP contribution in [0.2, 0.25) is 0 Å². The molecule has 0 aromatic heterocycles. The fraction of sp³-hybridized carbons (Fsp3) is 0.500. The molecule has 2 aliphatic rings. The topological polar surface area (TPSA) is 93.0 Å². The van der Waals surface area contributed by atoms with Crippen molar-refractivity contribution in [3.05, 3.63) is 34.9 Å². The van der Waals surface area contributed by atoms with E-state index in [4.69, 9.17) is 0 Å². The summed E-state index contributed by atoms with van der Waals surface area (Å²) in [5.41, 5.74) is 2.65. The number of nitrogens with one attached hydrogen (secondary N) is 1. The monoisotopic (exact) mass is 278 g/mol. The van der Waals surface area contributed by atoms with Gasteiger partial charge in [-0.3, -0.25) is 10.1 Å². The maximum absolute atomic E-state index is 12.4. The summed E-state index contributed by atoms with van der Waals surface area (Å²) < 4.78 is 0. The van der Waals surface area contributed by atoms with Crippen LogP contribution in [0.1, 0.15) is 27.9 Å². The summed E-state index contributed by atoms with van der Waals surface area (Å²) in [6, 6.07) is 5.01. The average molecular weight is 278 g/mol. The molecule has 0 bridgehead atoms. The van der Waals surface area contributed by atoms with Crippen molar-refractivity contribution in [2.75, 3.05) is 0 Å². The van der Waals surface area contributed by atoms with Gasteiger partial charge in [0.15, 0.2) is 0 Å². The molecule has 0 aliphatic carbocycles. The molecule has 0 saturated carbocycles. The maximum atomic E-state index is 12.4. The lowest BCUT2D eigenvalue weighted by Gasteiger charge is -2.40. The summed E-state index contributed by atoms with van der Waals surface area (Å²) in [5.74, 6) is -0.141. The second-order valence-electron chi connectivity index (χ2n) is 5.46. The van der Waals surface area contributed by atoms with E-state index >= 15 is 0 Å².